The maximum Gasteiger partial charge on any atom is 0.122 e. The minimum atomic E-state index is 0.767. The molecule has 1 fully saturated rings. The second-order valence-electron chi connectivity index (χ2n) is 4.07. The molecule has 0 radical (unpaired) electrons. The van der Waals surface area contributed by atoms with E-state index < -0.39 is 0 Å². The second-order valence-corrected chi connectivity index (χ2v) is 4.51. The first-order valence-electron chi connectivity index (χ1n) is 5.35. The molecule has 0 spiro atoms. The number of halogens is 1. The minimum Gasteiger partial charge on any atom is -0.493 e. The number of nitrogens with one attached hydrogen (secondary N) is 1. The predicted octanol–water partition coefficient (Wildman–Crippen LogP) is 2.64. The smallest absolute Gasteiger partial charge is 0.122 e. The monoisotopic (exact) mass is 225 g/mol. The van der Waals surface area contributed by atoms with Gasteiger partial charge in [0.05, 0.1) is 6.61 Å². The summed E-state index contributed by atoms with van der Waals surface area (Å²) in [7, 11) is 0. The molecule has 0 saturated carbocycles. The van der Waals surface area contributed by atoms with E-state index in [-0.39, 0.29) is 0 Å². The first-order chi connectivity index (χ1) is 7.25. The minimum absolute atomic E-state index is 0.767. The van der Waals surface area contributed by atoms with Crippen molar-refractivity contribution >= 4 is 11.6 Å². The molecule has 2 nitrogen and oxygen atoms in total. The highest BCUT2D eigenvalue weighted by molar-refractivity contribution is 6.30. The molecule has 1 heterocycles. The van der Waals surface area contributed by atoms with E-state index in [0.717, 1.165) is 48.4 Å². The van der Waals surface area contributed by atoms with Gasteiger partial charge in [0.2, 0.25) is 0 Å². The van der Waals surface area contributed by atoms with Crippen LogP contribution < -0.4 is 10.1 Å². The lowest BCUT2D eigenvalue weighted by Crippen LogP contribution is -2.42. The summed E-state index contributed by atoms with van der Waals surface area (Å²) in [6.07, 6.45) is 1.13. The van der Waals surface area contributed by atoms with Crippen LogP contribution in [0.4, 0.5) is 0 Å². The Hall–Kier alpha value is -0.730. The van der Waals surface area contributed by atoms with E-state index >= 15 is 0 Å². The molecule has 1 aromatic carbocycles. The molecular weight excluding hydrogens is 210 g/mol. The van der Waals surface area contributed by atoms with E-state index in [4.69, 9.17) is 16.3 Å². The van der Waals surface area contributed by atoms with Crippen LogP contribution in [0.3, 0.4) is 0 Å². The average molecular weight is 226 g/mol. The van der Waals surface area contributed by atoms with Crippen molar-refractivity contribution in [1.82, 2.24) is 5.32 Å². The van der Waals surface area contributed by atoms with E-state index in [1.165, 1.54) is 0 Å². The van der Waals surface area contributed by atoms with E-state index in [1.54, 1.807) is 0 Å². The van der Waals surface area contributed by atoms with Gasteiger partial charge in [-0.25, -0.2) is 0 Å². The number of aryl methyl sites for hydroxylation is 1. The highest BCUT2D eigenvalue weighted by Gasteiger charge is 2.16. The van der Waals surface area contributed by atoms with Gasteiger partial charge in [0.25, 0.3) is 0 Å². The summed E-state index contributed by atoms with van der Waals surface area (Å²) in [5.41, 5.74) is 1.11. The molecule has 0 amide bonds. The van der Waals surface area contributed by atoms with Crippen LogP contribution in [0.2, 0.25) is 5.02 Å². The lowest BCUT2D eigenvalue weighted by molar-refractivity contribution is 0.237. The number of ether oxygens (including phenoxy) is 1. The summed E-state index contributed by atoms with van der Waals surface area (Å²) >= 11 is 5.87. The van der Waals surface area contributed by atoms with E-state index in [2.05, 4.69) is 5.32 Å². The number of hydrogen-bond acceptors (Lipinski definition) is 2. The van der Waals surface area contributed by atoms with Gasteiger partial charge in [-0.05, 0) is 56.1 Å². The third-order valence-electron chi connectivity index (χ3n) is 2.79. The fraction of sp³-hybridized carbons (Fsp3) is 0.500. The van der Waals surface area contributed by atoms with Crippen molar-refractivity contribution < 1.29 is 4.74 Å². The Morgan fingerprint density at radius 1 is 1.47 bits per heavy atom. The molecule has 2 rings (SSSR count). The molecule has 0 unspecified atom stereocenters. The van der Waals surface area contributed by atoms with Gasteiger partial charge in [-0.15, -0.1) is 0 Å². The zero-order valence-electron chi connectivity index (χ0n) is 8.92. The molecule has 0 aromatic heterocycles. The topological polar surface area (TPSA) is 21.3 Å². The second kappa shape index (κ2) is 4.86. The molecule has 1 aromatic rings. The highest BCUT2D eigenvalue weighted by Crippen LogP contribution is 2.22. The lowest BCUT2D eigenvalue weighted by atomic mass is 10.0. The Bertz CT molecular complexity index is 336. The molecule has 1 saturated heterocycles. The number of rotatable bonds is 4. The van der Waals surface area contributed by atoms with E-state index in [1.807, 2.05) is 25.1 Å². The summed E-state index contributed by atoms with van der Waals surface area (Å²) < 4.78 is 5.71. The third kappa shape index (κ3) is 2.86. The van der Waals surface area contributed by atoms with E-state index in [0.29, 0.717) is 0 Å². The molecule has 15 heavy (non-hydrogen) atoms. The molecule has 0 bridgehead atoms. The Morgan fingerprint density at radius 2 is 2.27 bits per heavy atom. The van der Waals surface area contributed by atoms with Gasteiger partial charge < -0.3 is 10.1 Å². The van der Waals surface area contributed by atoms with Gasteiger partial charge in [-0.1, -0.05) is 11.6 Å². The Kier molecular flexibility index (Phi) is 3.49. The first kappa shape index (κ1) is 10.8. The van der Waals surface area contributed by atoms with Crippen LogP contribution in [0, 0.1) is 12.8 Å². The molecule has 3 heteroatoms. The van der Waals surface area contributed by atoms with Crippen LogP contribution in [-0.4, -0.2) is 19.7 Å². The molecule has 1 aliphatic heterocycles. The van der Waals surface area contributed by atoms with Crippen LogP contribution in [0.5, 0.6) is 5.75 Å². The predicted molar refractivity (Wildman–Crippen MR) is 62.7 cm³/mol. The summed E-state index contributed by atoms with van der Waals surface area (Å²) in [6.45, 7) is 5.10. The Morgan fingerprint density at radius 3 is 2.87 bits per heavy atom. The lowest BCUT2D eigenvalue weighted by Gasteiger charge is -2.26. The molecule has 1 aliphatic rings. The van der Waals surface area contributed by atoms with Gasteiger partial charge in [0.15, 0.2) is 0 Å². The van der Waals surface area contributed by atoms with Crippen molar-refractivity contribution in [2.45, 2.75) is 13.3 Å². The van der Waals surface area contributed by atoms with Crippen molar-refractivity contribution in [3.05, 3.63) is 28.8 Å². The Balaban J connectivity index is 1.81. The third-order valence-corrected chi connectivity index (χ3v) is 3.02. The molecule has 82 valence electrons. The average Bonchev–Trinajstić information content (AvgIpc) is 2.12. The first-order valence-corrected chi connectivity index (χ1v) is 5.73. The number of benzene rings is 1. The quantitative estimate of drug-likeness (QED) is 0.851. The summed E-state index contributed by atoms with van der Waals surface area (Å²) in [5.74, 6) is 1.75. The van der Waals surface area contributed by atoms with Gasteiger partial charge in [0.1, 0.15) is 5.75 Å². The molecule has 1 N–H and O–H groups in total. The van der Waals surface area contributed by atoms with Crippen molar-refractivity contribution in [3.8, 4) is 5.75 Å². The summed E-state index contributed by atoms with van der Waals surface area (Å²) in [6, 6.07) is 5.74. The van der Waals surface area contributed by atoms with E-state index in [9.17, 15) is 0 Å². The van der Waals surface area contributed by atoms with Crippen molar-refractivity contribution in [1.29, 1.82) is 0 Å². The zero-order chi connectivity index (χ0) is 10.7. The van der Waals surface area contributed by atoms with Gasteiger partial charge >= 0.3 is 0 Å². The largest absolute Gasteiger partial charge is 0.493 e. The van der Waals surface area contributed by atoms with Gasteiger partial charge in [0, 0.05) is 5.02 Å². The Labute approximate surface area is 95.6 Å². The maximum absolute atomic E-state index is 5.87. The van der Waals surface area contributed by atoms with Crippen molar-refractivity contribution in [3.63, 3.8) is 0 Å². The van der Waals surface area contributed by atoms with Crippen LogP contribution >= 0.6 is 11.6 Å². The van der Waals surface area contributed by atoms with Gasteiger partial charge in [-0.3, -0.25) is 0 Å². The van der Waals surface area contributed by atoms with Crippen LogP contribution in [0.1, 0.15) is 12.0 Å². The maximum atomic E-state index is 5.87. The van der Waals surface area contributed by atoms with Crippen LogP contribution in [0.15, 0.2) is 18.2 Å². The van der Waals surface area contributed by atoms with Crippen LogP contribution in [-0.2, 0) is 0 Å². The molecular formula is C12H16ClNO. The summed E-state index contributed by atoms with van der Waals surface area (Å²) in [4.78, 5) is 0. The standard InChI is InChI=1S/C12H16ClNO/c1-9-6-11(13)2-3-12(9)15-5-4-10-7-14-8-10/h2-3,6,10,14H,4-5,7-8H2,1H3. The molecule has 0 aliphatic carbocycles. The van der Waals surface area contributed by atoms with Crippen molar-refractivity contribution in [2.24, 2.45) is 5.92 Å². The number of hydrogen-bond donors (Lipinski definition) is 1. The van der Waals surface area contributed by atoms with Crippen LogP contribution in [0.25, 0.3) is 0 Å². The highest BCUT2D eigenvalue weighted by atomic mass is 35.5. The normalized spacial score (nSPS) is 16.1. The fourth-order valence-electron chi connectivity index (χ4n) is 1.66. The summed E-state index contributed by atoms with van der Waals surface area (Å²) in [5, 5.41) is 4.02. The van der Waals surface area contributed by atoms with Crippen molar-refractivity contribution in [2.75, 3.05) is 19.7 Å². The van der Waals surface area contributed by atoms with Gasteiger partial charge in [-0.2, -0.15) is 0 Å². The fourth-order valence-corrected chi connectivity index (χ4v) is 1.89. The SMILES string of the molecule is Cc1cc(Cl)ccc1OCCC1CNC1. The zero-order valence-corrected chi connectivity index (χ0v) is 9.68. The molecule has 0 atom stereocenters.